The summed E-state index contributed by atoms with van der Waals surface area (Å²) >= 11 is 0. The number of pyridine rings is 1. The fraction of sp³-hybridized carbons (Fsp3) is 0.742. The molecule has 1 N–H and O–H groups in total. The topological polar surface area (TPSA) is 104 Å². The van der Waals surface area contributed by atoms with Gasteiger partial charge in [-0.05, 0) is 11.6 Å². The minimum atomic E-state index is -4.24. The summed E-state index contributed by atoms with van der Waals surface area (Å²) < 4.78 is 40.8. The molecule has 2 rings (SSSR count). The average Bonchev–Trinajstić information content (AvgIpc) is 3.49. The van der Waals surface area contributed by atoms with Gasteiger partial charge < -0.3 is 18.9 Å². The molecule has 41 heavy (non-hydrogen) atoms. The maximum Gasteiger partial charge on any atom is 0.472 e. The van der Waals surface area contributed by atoms with Crippen LogP contribution in [0, 0.1) is 0 Å². The number of phosphoric acid groups is 1. The molecule has 10 heteroatoms. The van der Waals surface area contributed by atoms with Crippen LogP contribution in [-0.2, 0) is 24.9 Å². The lowest BCUT2D eigenvalue weighted by Crippen LogP contribution is -2.34. The largest absolute Gasteiger partial charge is 0.472 e. The Balaban J connectivity index is 1.48. The van der Waals surface area contributed by atoms with Crippen LogP contribution in [-0.4, -0.2) is 42.6 Å². The van der Waals surface area contributed by atoms with Crippen molar-refractivity contribution in [2.45, 2.75) is 122 Å². The molecule has 2 atom stereocenters. The molecule has 0 saturated carbocycles. The van der Waals surface area contributed by atoms with E-state index in [1.165, 1.54) is 96.2 Å². The average molecular weight is 598 g/mol. The van der Waals surface area contributed by atoms with E-state index >= 15 is 0 Å². The van der Waals surface area contributed by atoms with Gasteiger partial charge in [0.05, 0.1) is 13.2 Å². The Morgan fingerprint density at radius 3 is 1.95 bits per heavy atom. The van der Waals surface area contributed by atoms with E-state index in [0.29, 0.717) is 13.2 Å². The van der Waals surface area contributed by atoms with Crippen molar-refractivity contribution in [1.29, 1.82) is 0 Å². The van der Waals surface area contributed by atoms with Crippen molar-refractivity contribution in [1.82, 2.24) is 5.16 Å². The van der Waals surface area contributed by atoms with Crippen LogP contribution < -0.4 is 9.30 Å². The number of aromatic nitrogens is 2. The van der Waals surface area contributed by atoms with Gasteiger partial charge in [0.25, 0.3) is 5.88 Å². The highest BCUT2D eigenvalue weighted by atomic mass is 31.2. The fourth-order valence-electron chi connectivity index (χ4n) is 4.58. The highest BCUT2D eigenvalue weighted by molar-refractivity contribution is 7.47. The van der Waals surface area contributed by atoms with Gasteiger partial charge >= 0.3 is 7.82 Å². The molecule has 0 saturated heterocycles. The molecule has 0 radical (unpaired) electrons. The third kappa shape index (κ3) is 19.9. The molecule has 0 bridgehead atoms. The van der Waals surface area contributed by atoms with Gasteiger partial charge in [-0.15, -0.1) is 0 Å². The van der Waals surface area contributed by atoms with Crippen LogP contribution in [0.25, 0.3) is 0 Å². The monoisotopic (exact) mass is 597 g/mol. The van der Waals surface area contributed by atoms with E-state index in [0.717, 1.165) is 12.8 Å². The molecular formula is C31H54N2O7P+. The standard InChI is InChI=1S/C31H53N2O7P/c1-2-3-4-5-6-7-8-9-10-11-12-13-14-15-16-20-25-36-28-30(40-31-21-26-37-32-31)29-39-41(34,35)38-27-24-33-22-18-17-19-23-33/h17-19,21-23,26,30H,2-16,20,24-25,27-29H2,1H3/p+1. The summed E-state index contributed by atoms with van der Waals surface area (Å²) in [4.78, 5) is 10.1. The summed E-state index contributed by atoms with van der Waals surface area (Å²) in [6.45, 7) is 3.35. The highest BCUT2D eigenvalue weighted by Crippen LogP contribution is 2.43. The Labute approximate surface area is 247 Å². The molecule has 2 aromatic rings. The van der Waals surface area contributed by atoms with Crippen LogP contribution >= 0.6 is 7.82 Å². The van der Waals surface area contributed by atoms with Crippen molar-refractivity contribution in [3.05, 3.63) is 42.9 Å². The van der Waals surface area contributed by atoms with Gasteiger partial charge in [-0.3, -0.25) is 9.05 Å². The second-order valence-corrected chi connectivity index (χ2v) is 12.1. The molecule has 9 nitrogen and oxygen atoms in total. The van der Waals surface area contributed by atoms with Crippen LogP contribution in [0.4, 0.5) is 0 Å². The van der Waals surface area contributed by atoms with Gasteiger partial charge in [-0.2, -0.15) is 0 Å². The molecule has 0 aliphatic rings. The molecule has 0 spiro atoms. The number of ether oxygens (including phenoxy) is 2. The minimum absolute atomic E-state index is 0.0347. The molecule has 0 amide bonds. The molecule has 0 aliphatic carbocycles. The summed E-state index contributed by atoms with van der Waals surface area (Å²) in [7, 11) is -4.24. The van der Waals surface area contributed by atoms with Crippen molar-refractivity contribution in [2.75, 3.05) is 26.4 Å². The second kappa shape index (κ2) is 23.8. The molecular weight excluding hydrogens is 543 g/mol. The summed E-state index contributed by atoms with van der Waals surface area (Å²) in [5, 5.41) is 3.74. The fourth-order valence-corrected chi connectivity index (χ4v) is 5.32. The quantitative estimate of drug-likeness (QED) is 0.0601. The lowest BCUT2D eigenvalue weighted by atomic mass is 10.0. The first-order chi connectivity index (χ1) is 20.1. The Hall–Kier alpha value is -1.77. The van der Waals surface area contributed by atoms with E-state index in [1.807, 2.05) is 35.2 Å². The Morgan fingerprint density at radius 1 is 0.805 bits per heavy atom. The Morgan fingerprint density at radius 2 is 1.39 bits per heavy atom. The van der Waals surface area contributed by atoms with E-state index in [4.69, 9.17) is 23.0 Å². The summed E-state index contributed by atoms with van der Waals surface area (Å²) in [6.07, 6.45) is 25.7. The second-order valence-electron chi connectivity index (χ2n) is 10.7. The van der Waals surface area contributed by atoms with Gasteiger partial charge in [0.2, 0.25) is 0 Å². The maximum absolute atomic E-state index is 12.3. The zero-order chi connectivity index (χ0) is 29.3. The van der Waals surface area contributed by atoms with Gasteiger partial charge in [0, 0.05) is 24.8 Å². The first-order valence-corrected chi connectivity index (χ1v) is 17.3. The molecule has 0 aromatic carbocycles. The number of nitrogens with zero attached hydrogens (tertiary/aromatic N) is 2. The lowest BCUT2D eigenvalue weighted by molar-refractivity contribution is -0.697. The van der Waals surface area contributed by atoms with Gasteiger partial charge in [-0.1, -0.05) is 109 Å². The first-order valence-electron chi connectivity index (χ1n) is 15.8. The number of hydrogen-bond donors (Lipinski definition) is 1. The predicted octanol–water partition coefficient (Wildman–Crippen LogP) is 7.82. The minimum Gasteiger partial charge on any atom is -0.467 e. The normalized spacial score (nSPS) is 13.7. The van der Waals surface area contributed by atoms with Gasteiger partial charge in [0.1, 0.15) is 19.0 Å². The predicted molar refractivity (Wildman–Crippen MR) is 160 cm³/mol. The molecule has 2 aromatic heterocycles. The smallest absolute Gasteiger partial charge is 0.467 e. The third-order valence-corrected chi connectivity index (χ3v) is 7.94. The first kappa shape index (κ1) is 35.4. The van der Waals surface area contributed by atoms with Crippen molar-refractivity contribution in [3.8, 4) is 5.88 Å². The van der Waals surface area contributed by atoms with E-state index in [2.05, 4.69) is 12.1 Å². The molecule has 2 unspecified atom stereocenters. The lowest BCUT2D eigenvalue weighted by Gasteiger charge is -2.19. The van der Waals surface area contributed by atoms with E-state index in [9.17, 15) is 9.46 Å². The van der Waals surface area contributed by atoms with Crippen LogP contribution in [0.15, 0.2) is 47.4 Å². The zero-order valence-corrected chi connectivity index (χ0v) is 26.1. The molecule has 2 heterocycles. The van der Waals surface area contributed by atoms with Crippen molar-refractivity contribution in [3.63, 3.8) is 0 Å². The maximum atomic E-state index is 12.3. The zero-order valence-electron chi connectivity index (χ0n) is 25.2. The van der Waals surface area contributed by atoms with E-state index < -0.39 is 13.9 Å². The van der Waals surface area contributed by atoms with Gasteiger partial charge in [-0.25, -0.2) is 9.13 Å². The van der Waals surface area contributed by atoms with Crippen molar-refractivity contribution in [2.24, 2.45) is 0 Å². The van der Waals surface area contributed by atoms with Crippen LogP contribution in [0.1, 0.15) is 110 Å². The van der Waals surface area contributed by atoms with Crippen LogP contribution in [0.2, 0.25) is 0 Å². The SMILES string of the molecule is CCCCCCCCCCCCCCCCCCOCC(COP(=O)(O)OCC[n+]1ccccc1)Oc1ccon1. The Bertz CT molecular complexity index is 886. The van der Waals surface area contributed by atoms with E-state index in [1.54, 1.807) is 6.07 Å². The number of phosphoric ester groups is 1. The summed E-state index contributed by atoms with van der Waals surface area (Å²) in [5.74, 6) is 0.263. The third-order valence-electron chi connectivity index (χ3n) is 6.95. The molecule has 234 valence electrons. The number of unbranched alkanes of at least 4 members (excludes halogenated alkanes) is 15. The highest BCUT2D eigenvalue weighted by Gasteiger charge is 2.25. The number of rotatable bonds is 28. The molecule has 0 aliphatic heterocycles. The van der Waals surface area contributed by atoms with E-state index in [-0.39, 0.29) is 25.7 Å². The van der Waals surface area contributed by atoms with Crippen LogP contribution in [0.3, 0.4) is 0 Å². The summed E-state index contributed by atoms with van der Waals surface area (Å²) in [5.41, 5.74) is 0. The summed E-state index contributed by atoms with van der Waals surface area (Å²) in [6, 6.07) is 7.21. The number of hydrogen-bond acceptors (Lipinski definition) is 7. The van der Waals surface area contributed by atoms with Crippen molar-refractivity contribution < 1.29 is 37.1 Å². The Kier molecular flexibility index (Phi) is 20.5. The van der Waals surface area contributed by atoms with Crippen molar-refractivity contribution >= 4 is 7.82 Å². The molecule has 0 fully saturated rings. The van der Waals surface area contributed by atoms with Gasteiger partial charge in [0.15, 0.2) is 18.9 Å². The van der Waals surface area contributed by atoms with Crippen LogP contribution in [0.5, 0.6) is 5.88 Å².